The lowest BCUT2D eigenvalue weighted by Crippen LogP contribution is -2.45. The molecule has 1 nitrogen and oxygen atoms in total. The number of hydrogen-bond acceptors (Lipinski definition) is 1. The van der Waals surface area contributed by atoms with E-state index in [1.54, 1.807) is 0 Å². The van der Waals surface area contributed by atoms with Crippen LogP contribution >= 0.6 is 0 Å². The van der Waals surface area contributed by atoms with Crippen LogP contribution in [0, 0.1) is 5.92 Å². The Morgan fingerprint density at radius 1 is 1.58 bits per heavy atom. The van der Waals surface area contributed by atoms with Gasteiger partial charge in [0.1, 0.15) is 0 Å². The van der Waals surface area contributed by atoms with Crippen LogP contribution in [-0.2, 0) is 4.74 Å². The Kier molecular flexibility index (Phi) is 3.78. The van der Waals surface area contributed by atoms with Gasteiger partial charge in [0.25, 0.3) is 0 Å². The van der Waals surface area contributed by atoms with Crippen molar-refractivity contribution in [3.63, 3.8) is 0 Å². The molecule has 1 heterocycles. The molecule has 0 N–H and O–H groups in total. The maximum Gasteiger partial charge on any atom is 0.0594 e. The lowest BCUT2D eigenvalue weighted by molar-refractivity contribution is -0.0441. The van der Waals surface area contributed by atoms with Crippen molar-refractivity contribution in [1.29, 1.82) is 0 Å². The van der Waals surface area contributed by atoms with E-state index in [0.717, 1.165) is 12.5 Å². The molecule has 72 valence electrons. The van der Waals surface area contributed by atoms with Gasteiger partial charge in [0.2, 0.25) is 0 Å². The maximum absolute atomic E-state index is 5.94. The van der Waals surface area contributed by atoms with Crippen LogP contribution < -0.4 is 0 Å². The maximum atomic E-state index is 5.94. The van der Waals surface area contributed by atoms with Crippen molar-refractivity contribution in [3.8, 4) is 0 Å². The van der Waals surface area contributed by atoms with Gasteiger partial charge in [-0.2, -0.15) is 0 Å². The lowest BCUT2D eigenvalue weighted by Gasteiger charge is -2.39. The predicted octanol–water partition coefficient (Wildman–Crippen LogP) is 2.15. The Morgan fingerprint density at radius 3 is 2.92 bits per heavy atom. The highest BCUT2D eigenvalue weighted by molar-refractivity contribution is 6.39. The molecular formula is C10H22OSi. The molecular weight excluding hydrogens is 164 g/mol. The standard InChI is InChI=1S/C10H22OSi/c1-4-8-12-10(3)9(2)6-5-7-11-10/h9H,4-8,12H2,1-3H3. The third kappa shape index (κ3) is 2.33. The quantitative estimate of drug-likeness (QED) is 0.614. The highest BCUT2D eigenvalue weighted by atomic mass is 28.2. The van der Waals surface area contributed by atoms with E-state index in [4.69, 9.17) is 4.74 Å². The summed E-state index contributed by atoms with van der Waals surface area (Å²) >= 11 is 0. The molecule has 0 amide bonds. The van der Waals surface area contributed by atoms with Crippen molar-refractivity contribution in [3.05, 3.63) is 0 Å². The third-order valence-corrected chi connectivity index (χ3v) is 6.24. The normalized spacial score (nSPS) is 37.8. The average Bonchev–Trinajstić information content (AvgIpc) is 2.07. The van der Waals surface area contributed by atoms with Gasteiger partial charge in [0.15, 0.2) is 0 Å². The van der Waals surface area contributed by atoms with E-state index < -0.39 is 0 Å². The van der Waals surface area contributed by atoms with Crippen LogP contribution in [0.3, 0.4) is 0 Å². The van der Waals surface area contributed by atoms with Crippen molar-refractivity contribution in [2.24, 2.45) is 5.92 Å². The van der Waals surface area contributed by atoms with Crippen LogP contribution in [0.4, 0.5) is 0 Å². The lowest BCUT2D eigenvalue weighted by atomic mass is 9.97. The number of ether oxygens (including phenoxy) is 1. The largest absolute Gasteiger partial charge is 0.379 e. The molecule has 1 saturated heterocycles. The average molecular weight is 186 g/mol. The minimum Gasteiger partial charge on any atom is -0.379 e. The van der Waals surface area contributed by atoms with Gasteiger partial charge in [-0.25, -0.2) is 0 Å². The summed E-state index contributed by atoms with van der Waals surface area (Å²) < 4.78 is 5.94. The van der Waals surface area contributed by atoms with E-state index in [-0.39, 0.29) is 9.52 Å². The van der Waals surface area contributed by atoms with E-state index in [0.29, 0.717) is 5.22 Å². The first-order valence-corrected chi connectivity index (χ1v) is 7.03. The van der Waals surface area contributed by atoms with Gasteiger partial charge < -0.3 is 4.74 Å². The van der Waals surface area contributed by atoms with Crippen molar-refractivity contribution in [2.45, 2.75) is 51.3 Å². The van der Waals surface area contributed by atoms with E-state index in [9.17, 15) is 0 Å². The van der Waals surface area contributed by atoms with Crippen LogP contribution in [0.25, 0.3) is 0 Å². The Bertz CT molecular complexity index is 138. The Balaban J connectivity index is 2.42. The van der Waals surface area contributed by atoms with Crippen molar-refractivity contribution in [2.75, 3.05) is 6.61 Å². The second kappa shape index (κ2) is 4.42. The van der Waals surface area contributed by atoms with E-state index >= 15 is 0 Å². The summed E-state index contributed by atoms with van der Waals surface area (Å²) in [5.74, 6) is 0.810. The van der Waals surface area contributed by atoms with Crippen molar-refractivity contribution in [1.82, 2.24) is 0 Å². The van der Waals surface area contributed by atoms with Gasteiger partial charge in [0, 0.05) is 6.61 Å². The minimum absolute atomic E-state index is 0.000617. The fraction of sp³-hybridized carbons (Fsp3) is 1.00. The van der Waals surface area contributed by atoms with Crippen molar-refractivity contribution < 1.29 is 4.74 Å². The van der Waals surface area contributed by atoms with Gasteiger partial charge in [-0.05, 0) is 25.7 Å². The van der Waals surface area contributed by atoms with Crippen LogP contribution in [-0.4, -0.2) is 21.4 Å². The molecule has 0 aromatic rings. The van der Waals surface area contributed by atoms with Gasteiger partial charge >= 0.3 is 0 Å². The molecule has 0 aromatic carbocycles. The molecule has 0 aliphatic carbocycles. The molecule has 2 atom stereocenters. The topological polar surface area (TPSA) is 9.23 Å². The van der Waals surface area contributed by atoms with Gasteiger partial charge in [-0.15, -0.1) is 0 Å². The summed E-state index contributed by atoms with van der Waals surface area (Å²) in [7, 11) is -0.000617. The van der Waals surface area contributed by atoms with Crippen LogP contribution in [0.15, 0.2) is 0 Å². The van der Waals surface area contributed by atoms with E-state index in [1.807, 2.05) is 0 Å². The molecule has 0 bridgehead atoms. The molecule has 1 aliphatic heterocycles. The smallest absolute Gasteiger partial charge is 0.0594 e. The van der Waals surface area contributed by atoms with Crippen LogP contribution in [0.1, 0.15) is 40.0 Å². The summed E-state index contributed by atoms with van der Waals surface area (Å²) in [5.41, 5.74) is 0. The molecule has 12 heavy (non-hydrogen) atoms. The Hall–Kier alpha value is 0.177. The van der Waals surface area contributed by atoms with Crippen LogP contribution in [0.5, 0.6) is 0 Å². The van der Waals surface area contributed by atoms with E-state index in [2.05, 4.69) is 20.8 Å². The number of hydrogen-bond donors (Lipinski definition) is 0. The second-order valence-electron chi connectivity index (χ2n) is 4.31. The fourth-order valence-electron chi connectivity index (χ4n) is 1.99. The predicted molar refractivity (Wildman–Crippen MR) is 56.4 cm³/mol. The molecule has 0 spiro atoms. The summed E-state index contributed by atoms with van der Waals surface area (Å²) in [6.07, 6.45) is 4.00. The third-order valence-electron chi connectivity index (χ3n) is 3.28. The summed E-state index contributed by atoms with van der Waals surface area (Å²) in [5, 5.41) is 0.328. The molecule has 0 saturated carbocycles. The minimum atomic E-state index is -0.000617. The zero-order valence-electron chi connectivity index (χ0n) is 8.73. The van der Waals surface area contributed by atoms with E-state index in [1.165, 1.54) is 25.3 Å². The Labute approximate surface area is 78.7 Å². The molecule has 1 fully saturated rings. The summed E-state index contributed by atoms with van der Waals surface area (Å²) in [4.78, 5) is 0. The highest BCUT2D eigenvalue weighted by Crippen LogP contribution is 2.30. The van der Waals surface area contributed by atoms with Crippen LogP contribution in [0.2, 0.25) is 6.04 Å². The molecule has 1 aliphatic rings. The first-order chi connectivity index (χ1) is 5.69. The monoisotopic (exact) mass is 186 g/mol. The van der Waals surface area contributed by atoms with Crippen molar-refractivity contribution >= 4 is 9.52 Å². The Morgan fingerprint density at radius 2 is 2.33 bits per heavy atom. The summed E-state index contributed by atoms with van der Waals surface area (Å²) in [6.45, 7) is 8.00. The molecule has 1 rings (SSSR count). The zero-order valence-corrected chi connectivity index (χ0v) is 10.1. The highest BCUT2D eigenvalue weighted by Gasteiger charge is 2.33. The molecule has 2 heteroatoms. The zero-order chi connectivity index (χ0) is 9.03. The second-order valence-corrected chi connectivity index (χ2v) is 6.92. The molecule has 0 aromatic heterocycles. The molecule has 0 radical (unpaired) electrons. The fourth-order valence-corrected chi connectivity index (χ4v) is 4.03. The van der Waals surface area contributed by atoms with Gasteiger partial charge in [-0.1, -0.05) is 26.3 Å². The van der Waals surface area contributed by atoms with Gasteiger partial charge in [0.05, 0.1) is 14.7 Å². The summed E-state index contributed by atoms with van der Waals surface area (Å²) in [6, 6.07) is 1.45. The van der Waals surface area contributed by atoms with Gasteiger partial charge in [-0.3, -0.25) is 0 Å². The number of rotatable bonds is 3. The molecule has 2 unspecified atom stereocenters. The first kappa shape index (κ1) is 10.3. The SMILES string of the molecule is CCC[SiH2]C1(C)OCCCC1C. The first-order valence-electron chi connectivity index (χ1n) is 5.33.